The number of likely N-dealkylation sites (tertiary alicyclic amines) is 1. The van der Waals surface area contributed by atoms with Crippen molar-refractivity contribution < 1.29 is 22.4 Å². The molecule has 0 spiro atoms. The second kappa shape index (κ2) is 11.0. The van der Waals surface area contributed by atoms with E-state index in [9.17, 15) is 18.0 Å². The number of hydrogen-bond acceptors (Lipinski definition) is 3. The molecule has 2 heterocycles. The first kappa shape index (κ1) is 26.2. The summed E-state index contributed by atoms with van der Waals surface area (Å²) in [5, 5.41) is 0.902. The first-order valence-electron chi connectivity index (χ1n) is 12.1. The second-order valence-electron chi connectivity index (χ2n) is 8.93. The van der Waals surface area contributed by atoms with Gasteiger partial charge in [-0.3, -0.25) is 4.79 Å². The summed E-state index contributed by atoms with van der Waals surface area (Å²) >= 11 is 0. The van der Waals surface area contributed by atoms with Crippen LogP contribution in [-0.4, -0.2) is 36.4 Å². The lowest BCUT2D eigenvalue weighted by atomic mass is 9.96. The molecule has 2 N–H and O–H groups in total. The zero-order valence-electron chi connectivity index (χ0n) is 20.5. The smallest absolute Gasteiger partial charge is 0.253 e. The van der Waals surface area contributed by atoms with Crippen molar-refractivity contribution in [2.75, 3.05) is 19.6 Å². The second-order valence-corrected chi connectivity index (χ2v) is 8.93. The van der Waals surface area contributed by atoms with Gasteiger partial charge >= 0.3 is 0 Å². The molecule has 5 rings (SSSR count). The van der Waals surface area contributed by atoms with Crippen LogP contribution in [0.1, 0.15) is 29.0 Å². The number of nitrogens with zero attached hydrogens (tertiary/aromatic N) is 1. The van der Waals surface area contributed by atoms with Gasteiger partial charge in [0.05, 0.1) is 0 Å². The van der Waals surface area contributed by atoms with Crippen molar-refractivity contribution in [1.29, 1.82) is 0 Å². The molecular formula is C30H29F3N2O2. The summed E-state index contributed by atoms with van der Waals surface area (Å²) in [5.41, 5.74) is 10.3. The van der Waals surface area contributed by atoms with E-state index >= 15 is 0 Å². The Kier molecular flexibility index (Phi) is 7.83. The number of fused-ring (bicyclic) bond motifs is 1. The van der Waals surface area contributed by atoms with Gasteiger partial charge in [0.1, 0.15) is 17.2 Å². The Bertz CT molecular complexity index is 1370. The highest BCUT2D eigenvalue weighted by molar-refractivity contribution is 5.98. The van der Waals surface area contributed by atoms with Crippen LogP contribution in [-0.2, 0) is 6.42 Å². The third-order valence-corrected chi connectivity index (χ3v) is 6.46. The van der Waals surface area contributed by atoms with E-state index in [1.807, 2.05) is 30.3 Å². The SMILES string of the molecule is C=C.NCCc1cc2cc(-c3ccc(C(=O)N4CCC(F)(F)CC4)cc3)cc(-c3ccc(F)cc3)c2o1. The lowest BCUT2D eigenvalue weighted by Gasteiger charge is -2.31. The molecule has 37 heavy (non-hydrogen) atoms. The van der Waals surface area contributed by atoms with Crippen LogP contribution in [0.15, 0.2) is 84.3 Å². The fourth-order valence-corrected chi connectivity index (χ4v) is 4.51. The lowest BCUT2D eigenvalue weighted by molar-refractivity contribution is -0.0494. The number of amides is 1. The molecule has 0 unspecified atom stereocenters. The fraction of sp³-hybridized carbons (Fsp3) is 0.233. The van der Waals surface area contributed by atoms with Gasteiger partial charge in [-0.25, -0.2) is 13.2 Å². The van der Waals surface area contributed by atoms with Crippen LogP contribution in [0, 0.1) is 5.82 Å². The van der Waals surface area contributed by atoms with E-state index in [2.05, 4.69) is 13.2 Å². The van der Waals surface area contributed by atoms with Gasteiger partial charge in [-0.1, -0.05) is 24.3 Å². The molecule has 1 amide bonds. The molecule has 0 saturated carbocycles. The van der Waals surface area contributed by atoms with E-state index in [1.54, 1.807) is 24.3 Å². The Morgan fingerprint density at radius 2 is 1.54 bits per heavy atom. The monoisotopic (exact) mass is 506 g/mol. The van der Waals surface area contributed by atoms with Crippen LogP contribution >= 0.6 is 0 Å². The van der Waals surface area contributed by atoms with Gasteiger partial charge in [-0.15, -0.1) is 13.2 Å². The maximum Gasteiger partial charge on any atom is 0.253 e. The molecule has 3 aromatic carbocycles. The molecule has 0 atom stereocenters. The van der Waals surface area contributed by atoms with Crippen LogP contribution in [0.5, 0.6) is 0 Å². The van der Waals surface area contributed by atoms with Gasteiger partial charge in [0.2, 0.25) is 0 Å². The Morgan fingerprint density at radius 1 is 0.919 bits per heavy atom. The molecule has 1 fully saturated rings. The van der Waals surface area contributed by atoms with E-state index in [-0.39, 0.29) is 37.7 Å². The van der Waals surface area contributed by atoms with Gasteiger partial charge in [0, 0.05) is 48.9 Å². The number of alkyl halides is 2. The summed E-state index contributed by atoms with van der Waals surface area (Å²) in [5.74, 6) is -2.48. The van der Waals surface area contributed by atoms with Crippen molar-refractivity contribution in [3.05, 3.63) is 97.0 Å². The Hall–Kier alpha value is -3.84. The van der Waals surface area contributed by atoms with E-state index in [1.165, 1.54) is 17.0 Å². The Balaban J connectivity index is 0.00000156. The summed E-state index contributed by atoms with van der Waals surface area (Å²) in [6.07, 6.45) is -0.00813. The fourth-order valence-electron chi connectivity index (χ4n) is 4.51. The number of hydrogen-bond donors (Lipinski definition) is 1. The predicted octanol–water partition coefficient (Wildman–Crippen LogP) is 7.08. The predicted molar refractivity (Wildman–Crippen MR) is 141 cm³/mol. The Morgan fingerprint density at radius 3 is 2.16 bits per heavy atom. The van der Waals surface area contributed by atoms with Gasteiger partial charge in [0.25, 0.3) is 11.8 Å². The number of benzene rings is 3. The molecule has 0 radical (unpaired) electrons. The van der Waals surface area contributed by atoms with Crippen molar-refractivity contribution in [1.82, 2.24) is 4.90 Å². The van der Waals surface area contributed by atoms with Crippen molar-refractivity contribution in [3.8, 4) is 22.3 Å². The summed E-state index contributed by atoms with van der Waals surface area (Å²) in [6, 6.07) is 19.3. The Labute approximate surface area is 214 Å². The molecular weight excluding hydrogens is 477 g/mol. The van der Waals surface area contributed by atoms with Crippen molar-refractivity contribution in [2.24, 2.45) is 5.73 Å². The molecule has 192 valence electrons. The van der Waals surface area contributed by atoms with Gasteiger partial charge in [-0.2, -0.15) is 0 Å². The summed E-state index contributed by atoms with van der Waals surface area (Å²) in [6.45, 7) is 6.57. The molecule has 0 aliphatic carbocycles. The highest BCUT2D eigenvalue weighted by atomic mass is 19.3. The van der Waals surface area contributed by atoms with E-state index in [0.717, 1.165) is 33.4 Å². The van der Waals surface area contributed by atoms with Crippen LogP contribution in [0.4, 0.5) is 13.2 Å². The van der Waals surface area contributed by atoms with Gasteiger partial charge in [0.15, 0.2) is 0 Å². The third-order valence-electron chi connectivity index (χ3n) is 6.46. The average Bonchev–Trinajstić information content (AvgIpc) is 3.32. The number of halogens is 3. The van der Waals surface area contributed by atoms with Crippen LogP contribution in [0.2, 0.25) is 0 Å². The van der Waals surface area contributed by atoms with Crippen LogP contribution < -0.4 is 5.73 Å². The largest absolute Gasteiger partial charge is 0.460 e. The first-order chi connectivity index (χ1) is 17.8. The van der Waals surface area contributed by atoms with Crippen molar-refractivity contribution >= 4 is 16.9 Å². The average molecular weight is 507 g/mol. The molecule has 4 aromatic rings. The molecule has 0 bridgehead atoms. The highest BCUT2D eigenvalue weighted by Gasteiger charge is 2.35. The number of furan rings is 1. The van der Waals surface area contributed by atoms with Crippen LogP contribution in [0.25, 0.3) is 33.2 Å². The number of rotatable bonds is 5. The van der Waals surface area contributed by atoms with Crippen molar-refractivity contribution in [3.63, 3.8) is 0 Å². The minimum atomic E-state index is -2.70. The third kappa shape index (κ3) is 5.78. The minimum Gasteiger partial charge on any atom is -0.460 e. The number of nitrogens with two attached hydrogens (primary N) is 1. The first-order valence-corrected chi connectivity index (χ1v) is 12.1. The molecule has 1 aliphatic heterocycles. The molecule has 1 aliphatic rings. The zero-order chi connectivity index (χ0) is 26.6. The number of piperidine rings is 1. The van der Waals surface area contributed by atoms with E-state index in [4.69, 9.17) is 10.2 Å². The summed E-state index contributed by atoms with van der Waals surface area (Å²) < 4.78 is 46.5. The minimum absolute atomic E-state index is 0.0525. The van der Waals surface area contributed by atoms with Crippen LogP contribution in [0.3, 0.4) is 0 Å². The lowest BCUT2D eigenvalue weighted by Crippen LogP contribution is -2.42. The maximum atomic E-state index is 13.5. The molecule has 4 nitrogen and oxygen atoms in total. The van der Waals surface area contributed by atoms with Gasteiger partial charge in [-0.05, 0) is 65.7 Å². The van der Waals surface area contributed by atoms with E-state index < -0.39 is 5.92 Å². The molecule has 7 heteroatoms. The summed E-state index contributed by atoms with van der Waals surface area (Å²) in [7, 11) is 0. The molecule has 1 aromatic heterocycles. The zero-order valence-corrected chi connectivity index (χ0v) is 20.5. The quantitative estimate of drug-likeness (QED) is 0.294. The number of carbonyl (C=O) groups is 1. The maximum absolute atomic E-state index is 13.5. The van der Waals surface area contributed by atoms with E-state index in [0.29, 0.717) is 24.1 Å². The summed E-state index contributed by atoms with van der Waals surface area (Å²) in [4.78, 5) is 14.3. The topological polar surface area (TPSA) is 59.5 Å². The van der Waals surface area contributed by atoms with Crippen molar-refractivity contribution in [2.45, 2.75) is 25.2 Å². The van der Waals surface area contributed by atoms with Gasteiger partial charge < -0.3 is 15.1 Å². The standard InChI is InChI=1S/C28H25F3N2O2.C2H4/c29-23-7-5-19(6-8-23)25-17-21(15-22-16-24(9-12-32)35-26(22)25)18-1-3-20(4-2-18)27(34)33-13-10-28(30,31)11-14-33;1-2/h1-8,15-17H,9-14,32H2;1-2H2. The number of carbonyl (C=O) groups excluding carboxylic acids is 1. The molecule has 1 saturated heterocycles. The highest BCUT2D eigenvalue weighted by Crippen LogP contribution is 2.36. The normalized spacial score (nSPS) is 14.8.